The van der Waals surface area contributed by atoms with Crippen LogP contribution in [-0.2, 0) is 19.1 Å². The molecule has 0 N–H and O–H groups in total. The molecule has 0 saturated carbocycles. The van der Waals surface area contributed by atoms with E-state index in [0.29, 0.717) is 11.1 Å². The first kappa shape index (κ1) is 18.1. The van der Waals surface area contributed by atoms with Crippen LogP contribution in [0.1, 0.15) is 13.8 Å². The maximum atomic E-state index is 11.4. The fraction of sp³-hybridized carbons (Fsp3) is 0.333. The van der Waals surface area contributed by atoms with E-state index in [1.807, 2.05) is 12.2 Å². The van der Waals surface area contributed by atoms with Crippen molar-refractivity contribution in [3.8, 4) is 0 Å². The predicted octanol–water partition coefficient (Wildman–Crippen LogP) is 2.66. The number of esters is 2. The normalized spacial score (nSPS) is 10.9. The molecule has 0 spiro atoms. The molecule has 0 aromatic rings. The maximum Gasteiger partial charge on any atom is 0.332 e. The number of hydrogen-bond acceptors (Lipinski definition) is 4. The van der Waals surface area contributed by atoms with Crippen LogP contribution in [0.2, 0.25) is 6.55 Å². The van der Waals surface area contributed by atoms with Crippen molar-refractivity contribution < 1.29 is 19.1 Å². The average Bonchev–Trinajstić information content (AvgIpc) is 2.39. The van der Waals surface area contributed by atoms with E-state index in [9.17, 15) is 9.59 Å². The molecule has 0 aromatic heterocycles. The molecule has 0 aliphatic rings. The summed E-state index contributed by atoms with van der Waals surface area (Å²) in [6, 6.07) is 0. The van der Waals surface area contributed by atoms with Gasteiger partial charge in [-0.15, -0.1) is 0 Å². The Bertz CT molecular complexity index is 419. The summed E-state index contributed by atoms with van der Waals surface area (Å²) in [6.45, 7) is 15.8. The van der Waals surface area contributed by atoms with Crippen LogP contribution in [0.15, 0.2) is 48.7 Å². The number of carbonyl (C=O) groups excluding carboxylic acids is 2. The van der Waals surface area contributed by atoms with Gasteiger partial charge in [-0.25, -0.2) is 9.59 Å². The van der Waals surface area contributed by atoms with Crippen molar-refractivity contribution >= 4 is 20.0 Å². The third kappa shape index (κ3) is 6.89. The zero-order valence-corrected chi connectivity index (χ0v) is 13.4. The summed E-state index contributed by atoms with van der Waals surface area (Å²) in [5, 5.41) is 0. The summed E-state index contributed by atoms with van der Waals surface area (Å²) in [5.74, 6) is -0.885. The lowest BCUT2D eigenvalue weighted by molar-refractivity contribution is -0.137. The highest BCUT2D eigenvalue weighted by atomic mass is 28.3. The van der Waals surface area contributed by atoms with Crippen LogP contribution in [0.25, 0.3) is 0 Å². The number of ether oxygens (including phenoxy) is 2. The van der Waals surface area contributed by atoms with Gasteiger partial charge in [-0.3, -0.25) is 0 Å². The first-order chi connectivity index (χ1) is 9.22. The molecule has 0 aliphatic heterocycles. The number of allylic oxidation sites excluding steroid dienone is 2. The molecular weight excluding hydrogens is 272 g/mol. The van der Waals surface area contributed by atoms with Gasteiger partial charge >= 0.3 is 11.9 Å². The molecule has 20 heavy (non-hydrogen) atoms. The van der Waals surface area contributed by atoms with Gasteiger partial charge < -0.3 is 9.47 Å². The first-order valence-electron chi connectivity index (χ1n) is 6.17. The molecule has 0 amide bonds. The molecule has 0 bridgehead atoms. The first-order valence-corrected chi connectivity index (χ1v) is 9.16. The highest BCUT2D eigenvalue weighted by Gasteiger charge is 2.29. The predicted molar refractivity (Wildman–Crippen MR) is 82.5 cm³/mol. The van der Waals surface area contributed by atoms with Gasteiger partial charge in [0.15, 0.2) is 8.07 Å². The number of hydrogen-bond donors (Lipinski definition) is 0. The van der Waals surface area contributed by atoms with Crippen molar-refractivity contribution in [3.05, 3.63) is 48.7 Å². The Hall–Kier alpha value is -1.88. The van der Waals surface area contributed by atoms with Crippen LogP contribution >= 0.6 is 0 Å². The Morgan fingerprint density at radius 2 is 1.45 bits per heavy atom. The Labute approximate surface area is 121 Å². The van der Waals surface area contributed by atoms with Gasteiger partial charge in [-0.05, 0) is 13.8 Å². The van der Waals surface area contributed by atoms with E-state index in [4.69, 9.17) is 9.47 Å². The molecule has 0 radical (unpaired) electrons. The minimum absolute atomic E-state index is 0.215. The molecular formula is C15H22O4Si. The van der Waals surface area contributed by atoms with E-state index in [2.05, 4.69) is 19.7 Å². The van der Waals surface area contributed by atoms with Crippen LogP contribution in [-0.4, -0.2) is 32.5 Å². The van der Waals surface area contributed by atoms with E-state index in [0.717, 1.165) is 0 Å². The van der Waals surface area contributed by atoms with Crippen molar-refractivity contribution in [2.45, 2.75) is 20.4 Å². The Morgan fingerprint density at radius 1 is 1.05 bits per heavy atom. The summed E-state index contributed by atoms with van der Waals surface area (Å²) in [4.78, 5) is 22.9. The molecule has 0 atom stereocenters. The second-order valence-electron chi connectivity index (χ2n) is 4.96. The van der Waals surface area contributed by atoms with Gasteiger partial charge in [-0.1, -0.05) is 44.1 Å². The van der Waals surface area contributed by atoms with Crippen LogP contribution in [0.4, 0.5) is 0 Å². The van der Waals surface area contributed by atoms with E-state index in [1.54, 1.807) is 26.0 Å². The van der Waals surface area contributed by atoms with E-state index < -0.39 is 20.0 Å². The van der Waals surface area contributed by atoms with Crippen LogP contribution in [0, 0.1) is 0 Å². The van der Waals surface area contributed by atoms with E-state index in [1.165, 1.54) is 0 Å². The summed E-state index contributed by atoms with van der Waals surface area (Å²) in [5.41, 5.74) is 2.60. The van der Waals surface area contributed by atoms with E-state index in [-0.39, 0.29) is 12.5 Å². The lowest BCUT2D eigenvalue weighted by Crippen LogP contribution is -2.42. The molecule has 5 heteroatoms. The van der Waals surface area contributed by atoms with Crippen LogP contribution in [0.3, 0.4) is 0 Å². The van der Waals surface area contributed by atoms with Gasteiger partial charge in [0.05, 0.1) is 12.5 Å². The monoisotopic (exact) mass is 294 g/mol. The van der Waals surface area contributed by atoms with Gasteiger partial charge in [0, 0.05) is 11.1 Å². The van der Waals surface area contributed by atoms with Crippen molar-refractivity contribution in [3.63, 3.8) is 0 Å². The van der Waals surface area contributed by atoms with Crippen molar-refractivity contribution in [2.24, 2.45) is 0 Å². The van der Waals surface area contributed by atoms with Gasteiger partial charge in [-0.2, -0.15) is 0 Å². The fourth-order valence-corrected chi connectivity index (χ4v) is 2.94. The Morgan fingerprint density at radius 3 is 1.75 bits per heavy atom. The molecule has 0 aliphatic carbocycles. The van der Waals surface area contributed by atoms with Crippen LogP contribution < -0.4 is 0 Å². The largest absolute Gasteiger partial charge is 0.466 e. The minimum Gasteiger partial charge on any atom is -0.466 e. The summed E-state index contributed by atoms with van der Waals surface area (Å²) in [6.07, 6.45) is 3.83. The molecule has 0 fully saturated rings. The second kappa shape index (κ2) is 8.32. The Balaban J connectivity index is 4.74. The fourth-order valence-electron chi connectivity index (χ4n) is 1.15. The number of carbonyl (C=O) groups is 2. The Kier molecular flexibility index (Phi) is 7.54. The quantitative estimate of drug-likeness (QED) is 0.299. The highest BCUT2D eigenvalue weighted by Crippen LogP contribution is 2.09. The molecule has 0 rings (SSSR count). The topological polar surface area (TPSA) is 52.6 Å². The molecule has 110 valence electrons. The van der Waals surface area contributed by atoms with Gasteiger partial charge in [0.1, 0.15) is 0 Å². The minimum atomic E-state index is -2.21. The zero-order valence-electron chi connectivity index (χ0n) is 12.4. The van der Waals surface area contributed by atoms with E-state index >= 15 is 0 Å². The van der Waals surface area contributed by atoms with Crippen molar-refractivity contribution in [1.82, 2.24) is 0 Å². The third-order valence-corrected chi connectivity index (χ3v) is 5.00. The highest BCUT2D eigenvalue weighted by molar-refractivity contribution is 6.83. The molecule has 4 nitrogen and oxygen atoms in total. The van der Waals surface area contributed by atoms with Crippen molar-refractivity contribution in [2.75, 3.05) is 12.5 Å². The number of rotatable bonds is 8. The maximum absolute atomic E-state index is 11.4. The van der Waals surface area contributed by atoms with Crippen molar-refractivity contribution in [1.29, 1.82) is 0 Å². The van der Waals surface area contributed by atoms with Crippen LogP contribution in [0.5, 0.6) is 0 Å². The average molecular weight is 294 g/mol. The summed E-state index contributed by atoms with van der Waals surface area (Å²) < 4.78 is 10.4. The molecule has 0 aromatic carbocycles. The summed E-state index contributed by atoms with van der Waals surface area (Å²) >= 11 is 0. The third-order valence-electron chi connectivity index (χ3n) is 2.40. The standard InChI is InChI=1S/C15H22O4Si/c1-7-8-9-20(6,10-18-14(16)12(2)3)11-19-15(17)13(4)5/h7-9H,1-2,4,10-11H2,3,5-6H3/b9-8+. The van der Waals surface area contributed by atoms with Gasteiger partial charge in [0.2, 0.25) is 0 Å². The second-order valence-corrected chi connectivity index (χ2v) is 9.18. The SMILES string of the molecule is C=C/C=C/[Si](C)(COC(=O)C(=C)C)COC(=O)C(=C)C. The lowest BCUT2D eigenvalue weighted by Gasteiger charge is -2.22. The smallest absolute Gasteiger partial charge is 0.332 e. The van der Waals surface area contributed by atoms with Gasteiger partial charge in [0.25, 0.3) is 0 Å². The molecule has 0 heterocycles. The zero-order chi connectivity index (χ0) is 15.8. The lowest BCUT2D eigenvalue weighted by atomic mass is 10.4. The summed E-state index contributed by atoms with van der Waals surface area (Å²) in [7, 11) is -2.21. The molecule has 0 saturated heterocycles. The molecule has 0 unspecified atom stereocenters.